The predicted molar refractivity (Wildman–Crippen MR) is 74.6 cm³/mol. The summed E-state index contributed by atoms with van der Waals surface area (Å²) in [5.74, 6) is -1.63. The third kappa shape index (κ3) is 2.17. The van der Waals surface area contributed by atoms with Crippen molar-refractivity contribution in [3.8, 4) is 0 Å². The van der Waals surface area contributed by atoms with Crippen LogP contribution in [0, 0.1) is 0 Å². The molecule has 7 nitrogen and oxygen atoms in total. The van der Waals surface area contributed by atoms with Crippen molar-refractivity contribution in [1.29, 1.82) is 0 Å². The fraction of sp³-hybridized carbons (Fsp3) is 0.231. The van der Waals surface area contributed by atoms with Crippen molar-refractivity contribution in [2.75, 3.05) is 10.8 Å². The molecule has 0 fully saturated rings. The first-order chi connectivity index (χ1) is 10.0. The number of rotatable bonds is 3. The van der Waals surface area contributed by atoms with Gasteiger partial charge in [-0.3, -0.25) is 9.10 Å². The number of anilines is 1. The van der Waals surface area contributed by atoms with Crippen molar-refractivity contribution in [1.82, 2.24) is 9.97 Å². The highest BCUT2D eigenvalue weighted by molar-refractivity contribution is 7.92. The van der Waals surface area contributed by atoms with Crippen molar-refractivity contribution >= 4 is 21.7 Å². The minimum Gasteiger partial charge on any atom is -0.481 e. The van der Waals surface area contributed by atoms with E-state index >= 15 is 0 Å². The number of carboxylic acids is 1. The van der Waals surface area contributed by atoms with E-state index in [2.05, 4.69) is 9.97 Å². The maximum Gasteiger partial charge on any atom is 0.311 e. The number of carbonyl (C=O) groups is 1. The molecule has 0 amide bonds. The molecule has 0 aliphatic carbocycles. The number of nitrogens with one attached hydrogen (secondary N) is 1. The Morgan fingerprint density at radius 2 is 2.14 bits per heavy atom. The number of aromatic nitrogens is 2. The summed E-state index contributed by atoms with van der Waals surface area (Å²) < 4.78 is 26.4. The molecule has 0 saturated heterocycles. The number of hydrogen-bond donors (Lipinski definition) is 2. The van der Waals surface area contributed by atoms with E-state index < -0.39 is 21.9 Å². The first-order valence-electron chi connectivity index (χ1n) is 6.34. The summed E-state index contributed by atoms with van der Waals surface area (Å²) in [7, 11) is -3.76. The molecule has 2 aromatic rings. The Kier molecular flexibility index (Phi) is 3.17. The lowest BCUT2D eigenvalue weighted by Gasteiger charge is -2.32. The normalized spacial score (nSPS) is 18.3. The molecule has 0 saturated carbocycles. The van der Waals surface area contributed by atoms with E-state index in [9.17, 15) is 18.3 Å². The van der Waals surface area contributed by atoms with Gasteiger partial charge in [-0.2, -0.15) is 8.42 Å². The zero-order valence-electron chi connectivity index (χ0n) is 10.9. The van der Waals surface area contributed by atoms with Crippen molar-refractivity contribution in [2.45, 2.75) is 17.4 Å². The van der Waals surface area contributed by atoms with E-state index in [0.717, 1.165) is 0 Å². The predicted octanol–water partition coefficient (Wildman–Crippen LogP) is 1.18. The van der Waals surface area contributed by atoms with Gasteiger partial charge >= 0.3 is 5.97 Å². The Morgan fingerprint density at radius 1 is 1.38 bits per heavy atom. The van der Waals surface area contributed by atoms with Gasteiger partial charge in [-0.05, 0) is 18.1 Å². The monoisotopic (exact) mass is 307 g/mol. The molecule has 2 heterocycles. The molecule has 21 heavy (non-hydrogen) atoms. The van der Waals surface area contributed by atoms with Gasteiger partial charge in [0.25, 0.3) is 10.0 Å². The molecule has 1 aromatic carbocycles. The van der Waals surface area contributed by atoms with Crippen molar-refractivity contribution in [2.24, 2.45) is 0 Å². The number of benzene rings is 1. The number of para-hydroxylation sites is 1. The number of hydrogen-bond acceptors (Lipinski definition) is 4. The van der Waals surface area contributed by atoms with Crippen LogP contribution in [-0.2, 0) is 14.8 Å². The lowest BCUT2D eigenvalue weighted by atomic mass is 9.91. The van der Waals surface area contributed by atoms with E-state index in [-0.39, 0.29) is 18.0 Å². The van der Waals surface area contributed by atoms with Gasteiger partial charge in [0.2, 0.25) is 0 Å². The molecule has 3 rings (SSSR count). The van der Waals surface area contributed by atoms with Gasteiger partial charge < -0.3 is 10.1 Å². The summed E-state index contributed by atoms with van der Waals surface area (Å²) in [6, 6.07) is 6.68. The Labute approximate surface area is 121 Å². The van der Waals surface area contributed by atoms with Gasteiger partial charge in [-0.1, -0.05) is 18.2 Å². The van der Waals surface area contributed by atoms with Gasteiger partial charge in [-0.15, -0.1) is 0 Å². The highest BCUT2D eigenvalue weighted by Crippen LogP contribution is 2.37. The molecule has 2 N–H and O–H groups in total. The average molecular weight is 307 g/mol. The van der Waals surface area contributed by atoms with Crippen LogP contribution in [0.3, 0.4) is 0 Å². The lowest BCUT2D eigenvalue weighted by molar-refractivity contribution is -0.139. The van der Waals surface area contributed by atoms with Crippen molar-refractivity contribution < 1.29 is 18.3 Å². The molecular weight excluding hydrogens is 294 g/mol. The number of fused-ring (bicyclic) bond motifs is 1. The van der Waals surface area contributed by atoms with Crippen LogP contribution in [0.15, 0.2) is 41.8 Å². The van der Waals surface area contributed by atoms with Gasteiger partial charge in [0, 0.05) is 6.54 Å². The van der Waals surface area contributed by atoms with Crippen LogP contribution in [0.2, 0.25) is 0 Å². The van der Waals surface area contributed by atoms with Gasteiger partial charge in [0.05, 0.1) is 24.1 Å². The maximum absolute atomic E-state index is 12.6. The van der Waals surface area contributed by atoms with E-state index in [4.69, 9.17) is 0 Å². The molecule has 8 heteroatoms. The van der Waals surface area contributed by atoms with E-state index in [1.807, 2.05) is 0 Å². The highest BCUT2D eigenvalue weighted by Gasteiger charge is 2.36. The Hall–Kier alpha value is -2.35. The zero-order chi connectivity index (χ0) is 15.0. The second kappa shape index (κ2) is 4.88. The molecule has 1 aliphatic rings. The highest BCUT2D eigenvalue weighted by atomic mass is 32.2. The summed E-state index contributed by atoms with van der Waals surface area (Å²) in [4.78, 5) is 17.6. The van der Waals surface area contributed by atoms with Crippen LogP contribution in [0.25, 0.3) is 0 Å². The quantitative estimate of drug-likeness (QED) is 0.886. The third-order valence-corrected chi connectivity index (χ3v) is 5.28. The van der Waals surface area contributed by atoms with Crippen LogP contribution in [0.4, 0.5) is 5.69 Å². The maximum atomic E-state index is 12.6. The number of carboxylic acid groups (broad SMARTS) is 1. The zero-order valence-corrected chi connectivity index (χ0v) is 11.7. The largest absolute Gasteiger partial charge is 0.481 e. The smallest absolute Gasteiger partial charge is 0.311 e. The number of nitrogens with zero attached hydrogens (tertiary/aromatic N) is 2. The Balaban J connectivity index is 2.10. The minimum absolute atomic E-state index is 0.00826. The summed E-state index contributed by atoms with van der Waals surface area (Å²) in [5, 5.41) is 9.27. The molecule has 0 radical (unpaired) electrons. The molecule has 1 atom stereocenters. The molecule has 110 valence electrons. The second-order valence-electron chi connectivity index (χ2n) is 4.73. The van der Waals surface area contributed by atoms with Crippen LogP contribution >= 0.6 is 0 Å². The van der Waals surface area contributed by atoms with Crippen molar-refractivity contribution in [3.63, 3.8) is 0 Å². The number of imidazole rings is 1. The van der Waals surface area contributed by atoms with Gasteiger partial charge in [0.1, 0.15) is 0 Å². The fourth-order valence-corrected chi connectivity index (χ4v) is 3.94. The number of aliphatic carboxylic acids is 1. The fourth-order valence-electron chi connectivity index (χ4n) is 2.54. The topological polar surface area (TPSA) is 103 Å². The van der Waals surface area contributed by atoms with Crippen molar-refractivity contribution in [3.05, 3.63) is 42.4 Å². The van der Waals surface area contributed by atoms with E-state index in [1.54, 1.807) is 24.3 Å². The van der Waals surface area contributed by atoms with Gasteiger partial charge in [-0.25, -0.2) is 4.98 Å². The van der Waals surface area contributed by atoms with Crippen LogP contribution in [0.5, 0.6) is 0 Å². The molecule has 0 bridgehead atoms. The minimum atomic E-state index is -3.76. The Bertz CT molecular complexity index is 770. The first-order valence-corrected chi connectivity index (χ1v) is 7.78. The standard InChI is InChI=1S/C13H13N3O4S/c17-13(18)10-5-6-16(11-4-2-1-3-9(10)11)21(19,20)12-7-14-8-15-12/h1-4,7-8,10H,5-6H2,(H,14,15)(H,17,18). The van der Waals surface area contributed by atoms with Crippen LogP contribution in [0.1, 0.15) is 17.9 Å². The van der Waals surface area contributed by atoms with Crippen LogP contribution < -0.4 is 4.31 Å². The van der Waals surface area contributed by atoms with Gasteiger partial charge in [0.15, 0.2) is 5.03 Å². The Morgan fingerprint density at radius 3 is 2.81 bits per heavy atom. The molecular formula is C13H13N3O4S. The number of H-pyrrole nitrogens is 1. The summed E-state index contributed by atoms with van der Waals surface area (Å²) in [6.07, 6.45) is 2.77. The first kappa shape index (κ1) is 13.6. The van der Waals surface area contributed by atoms with E-state index in [1.165, 1.54) is 16.8 Å². The molecule has 0 spiro atoms. The average Bonchev–Trinajstić information content (AvgIpc) is 3.00. The van der Waals surface area contributed by atoms with E-state index in [0.29, 0.717) is 11.3 Å². The number of aromatic amines is 1. The summed E-state index contributed by atoms with van der Waals surface area (Å²) >= 11 is 0. The molecule has 1 aromatic heterocycles. The SMILES string of the molecule is O=C(O)C1CCN(S(=O)(=O)c2cnc[nH]2)c2ccccc21. The third-order valence-electron chi connectivity index (χ3n) is 3.54. The summed E-state index contributed by atoms with van der Waals surface area (Å²) in [6.45, 7) is 0.120. The molecule has 1 unspecified atom stereocenters. The second-order valence-corrected chi connectivity index (χ2v) is 6.56. The lowest BCUT2D eigenvalue weighted by Crippen LogP contribution is -2.38. The molecule has 1 aliphatic heterocycles. The van der Waals surface area contributed by atoms with Crippen LogP contribution in [-0.4, -0.2) is 36.0 Å². The number of sulfonamides is 1. The summed E-state index contributed by atoms with van der Waals surface area (Å²) in [5.41, 5.74) is 0.921.